The quantitative estimate of drug-likeness (QED) is 0.840. The van der Waals surface area contributed by atoms with Crippen LogP contribution < -0.4 is 10.1 Å². The molecule has 16 heavy (non-hydrogen) atoms. The number of aryl methyl sites for hydroxylation is 1. The van der Waals surface area contributed by atoms with Gasteiger partial charge in [0.1, 0.15) is 5.75 Å². The summed E-state index contributed by atoms with van der Waals surface area (Å²) >= 11 is 0. The number of benzene rings is 1. The summed E-state index contributed by atoms with van der Waals surface area (Å²) in [6.07, 6.45) is 4.78. The monoisotopic (exact) mass is 219 g/mol. The molecule has 0 spiro atoms. The van der Waals surface area contributed by atoms with E-state index in [-0.39, 0.29) is 0 Å². The number of nitrogens with one attached hydrogen (secondary N) is 1. The topological polar surface area (TPSA) is 21.3 Å². The van der Waals surface area contributed by atoms with Crippen molar-refractivity contribution in [1.82, 2.24) is 5.32 Å². The lowest BCUT2D eigenvalue weighted by Gasteiger charge is -2.25. The van der Waals surface area contributed by atoms with Gasteiger partial charge in [0.15, 0.2) is 0 Å². The van der Waals surface area contributed by atoms with E-state index in [1.54, 1.807) is 0 Å². The molecule has 2 nitrogen and oxygen atoms in total. The first-order valence-corrected chi connectivity index (χ1v) is 6.28. The van der Waals surface area contributed by atoms with Crippen LogP contribution in [0.4, 0.5) is 0 Å². The second-order valence-electron chi connectivity index (χ2n) is 4.44. The fourth-order valence-electron chi connectivity index (χ4n) is 2.40. The molecule has 1 atom stereocenters. The first kappa shape index (κ1) is 11.5. The number of hydrogen-bond donors (Lipinski definition) is 1. The van der Waals surface area contributed by atoms with Gasteiger partial charge in [0.2, 0.25) is 0 Å². The fourth-order valence-corrected chi connectivity index (χ4v) is 2.40. The molecule has 1 unspecified atom stereocenters. The molecular weight excluding hydrogens is 198 g/mol. The Bertz CT molecular complexity index is 349. The van der Waals surface area contributed by atoms with Gasteiger partial charge in [-0.25, -0.2) is 0 Å². The second-order valence-corrected chi connectivity index (χ2v) is 4.44. The molecular formula is C14H21NO. The summed E-state index contributed by atoms with van der Waals surface area (Å²) in [5.41, 5.74) is 2.91. The maximum absolute atomic E-state index is 5.67. The van der Waals surface area contributed by atoms with Crippen LogP contribution in [-0.4, -0.2) is 13.7 Å². The van der Waals surface area contributed by atoms with E-state index in [0.29, 0.717) is 6.04 Å². The molecule has 1 aromatic carbocycles. The Balaban J connectivity index is 2.18. The van der Waals surface area contributed by atoms with Crippen LogP contribution in [0.2, 0.25) is 0 Å². The van der Waals surface area contributed by atoms with Crippen LogP contribution in [-0.2, 0) is 6.42 Å². The Labute approximate surface area is 98.0 Å². The number of rotatable bonds is 4. The Hall–Kier alpha value is -1.02. The molecule has 2 rings (SSSR count). The van der Waals surface area contributed by atoms with E-state index >= 15 is 0 Å². The highest BCUT2D eigenvalue weighted by atomic mass is 16.5. The van der Waals surface area contributed by atoms with Crippen LogP contribution in [0.15, 0.2) is 18.2 Å². The van der Waals surface area contributed by atoms with Gasteiger partial charge in [-0.3, -0.25) is 0 Å². The number of fused-ring (bicyclic) bond motifs is 1. The van der Waals surface area contributed by atoms with E-state index in [9.17, 15) is 0 Å². The highest BCUT2D eigenvalue weighted by molar-refractivity contribution is 5.39. The van der Waals surface area contributed by atoms with Gasteiger partial charge in [-0.1, -0.05) is 13.0 Å². The van der Waals surface area contributed by atoms with Crippen molar-refractivity contribution in [3.63, 3.8) is 0 Å². The molecule has 0 saturated heterocycles. The van der Waals surface area contributed by atoms with Crippen molar-refractivity contribution in [3.8, 4) is 5.75 Å². The predicted molar refractivity (Wildman–Crippen MR) is 67.0 cm³/mol. The second kappa shape index (κ2) is 5.35. The zero-order valence-electron chi connectivity index (χ0n) is 10.3. The highest BCUT2D eigenvalue weighted by Gasteiger charge is 2.18. The summed E-state index contributed by atoms with van der Waals surface area (Å²) in [5.74, 6) is 1.03. The van der Waals surface area contributed by atoms with Gasteiger partial charge >= 0.3 is 0 Å². The minimum absolute atomic E-state index is 0.531. The van der Waals surface area contributed by atoms with Gasteiger partial charge in [-0.15, -0.1) is 0 Å². The van der Waals surface area contributed by atoms with Crippen LogP contribution in [0.25, 0.3) is 0 Å². The summed E-state index contributed by atoms with van der Waals surface area (Å²) in [6, 6.07) is 7.07. The van der Waals surface area contributed by atoms with E-state index in [1.807, 2.05) is 7.05 Å². The van der Waals surface area contributed by atoms with E-state index in [0.717, 1.165) is 18.8 Å². The van der Waals surface area contributed by atoms with Gasteiger partial charge in [-0.2, -0.15) is 0 Å². The molecule has 0 saturated carbocycles. The van der Waals surface area contributed by atoms with Gasteiger partial charge in [0.25, 0.3) is 0 Å². The molecule has 0 bridgehead atoms. The Kier molecular flexibility index (Phi) is 3.83. The normalized spacial score (nSPS) is 19.2. The highest BCUT2D eigenvalue weighted by Crippen LogP contribution is 2.31. The number of ether oxygens (including phenoxy) is 1. The maximum atomic E-state index is 5.67. The first-order valence-electron chi connectivity index (χ1n) is 6.28. The van der Waals surface area contributed by atoms with Crippen molar-refractivity contribution in [1.29, 1.82) is 0 Å². The lowest BCUT2D eigenvalue weighted by Crippen LogP contribution is -2.21. The van der Waals surface area contributed by atoms with Crippen LogP contribution in [0.3, 0.4) is 0 Å². The van der Waals surface area contributed by atoms with Crippen LogP contribution >= 0.6 is 0 Å². The van der Waals surface area contributed by atoms with Crippen molar-refractivity contribution in [2.24, 2.45) is 0 Å². The van der Waals surface area contributed by atoms with E-state index < -0.39 is 0 Å². The Morgan fingerprint density at radius 2 is 2.31 bits per heavy atom. The van der Waals surface area contributed by atoms with Crippen LogP contribution in [0.5, 0.6) is 5.75 Å². The average Bonchev–Trinajstić information content (AvgIpc) is 2.35. The number of hydrogen-bond acceptors (Lipinski definition) is 2. The molecule has 1 aliphatic carbocycles. The molecule has 1 aromatic rings. The summed E-state index contributed by atoms with van der Waals surface area (Å²) < 4.78 is 5.67. The maximum Gasteiger partial charge on any atom is 0.119 e. The van der Waals surface area contributed by atoms with Crippen molar-refractivity contribution in [2.75, 3.05) is 13.7 Å². The van der Waals surface area contributed by atoms with Crippen molar-refractivity contribution in [2.45, 2.75) is 38.6 Å². The van der Waals surface area contributed by atoms with E-state index in [4.69, 9.17) is 4.74 Å². The zero-order chi connectivity index (χ0) is 11.4. The zero-order valence-corrected chi connectivity index (χ0v) is 10.3. The molecule has 0 aromatic heterocycles. The van der Waals surface area contributed by atoms with Gasteiger partial charge in [-0.05, 0) is 56.0 Å². The minimum Gasteiger partial charge on any atom is -0.494 e. The SMILES string of the molecule is CCCOc1ccc2c(c1)CCCC2NC. The average molecular weight is 219 g/mol. The standard InChI is InChI=1S/C14H21NO/c1-3-9-16-12-7-8-13-11(10-12)5-4-6-14(13)15-2/h7-8,10,14-15H,3-6,9H2,1-2H3. The lowest BCUT2D eigenvalue weighted by molar-refractivity contribution is 0.316. The third-order valence-electron chi connectivity index (χ3n) is 3.25. The third kappa shape index (κ3) is 2.38. The van der Waals surface area contributed by atoms with Gasteiger partial charge < -0.3 is 10.1 Å². The van der Waals surface area contributed by atoms with Crippen LogP contribution in [0.1, 0.15) is 43.4 Å². The minimum atomic E-state index is 0.531. The predicted octanol–water partition coefficient (Wildman–Crippen LogP) is 3.07. The van der Waals surface area contributed by atoms with Gasteiger partial charge in [0.05, 0.1) is 6.61 Å². The molecule has 2 heteroatoms. The fraction of sp³-hybridized carbons (Fsp3) is 0.571. The molecule has 1 aliphatic rings. The molecule has 0 aliphatic heterocycles. The Morgan fingerprint density at radius 3 is 3.06 bits per heavy atom. The largest absolute Gasteiger partial charge is 0.494 e. The molecule has 0 fully saturated rings. The first-order chi connectivity index (χ1) is 7.85. The summed E-state index contributed by atoms with van der Waals surface area (Å²) in [5, 5.41) is 3.38. The smallest absolute Gasteiger partial charge is 0.119 e. The van der Waals surface area contributed by atoms with Crippen molar-refractivity contribution < 1.29 is 4.74 Å². The molecule has 88 valence electrons. The van der Waals surface area contributed by atoms with E-state index in [1.165, 1.54) is 30.4 Å². The summed E-state index contributed by atoms with van der Waals surface area (Å²) in [6.45, 7) is 2.95. The van der Waals surface area contributed by atoms with Crippen molar-refractivity contribution in [3.05, 3.63) is 29.3 Å². The lowest BCUT2D eigenvalue weighted by atomic mass is 9.87. The van der Waals surface area contributed by atoms with Gasteiger partial charge in [0, 0.05) is 6.04 Å². The summed E-state index contributed by atoms with van der Waals surface area (Å²) in [4.78, 5) is 0. The third-order valence-corrected chi connectivity index (χ3v) is 3.25. The molecule has 1 N–H and O–H groups in total. The molecule has 0 heterocycles. The van der Waals surface area contributed by atoms with Crippen molar-refractivity contribution >= 4 is 0 Å². The Morgan fingerprint density at radius 1 is 1.44 bits per heavy atom. The molecule has 0 radical (unpaired) electrons. The molecule has 0 amide bonds. The van der Waals surface area contributed by atoms with E-state index in [2.05, 4.69) is 30.4 Å². The van der Waals surface area contributed by atoms with Crippen LogP contribution in [0, 0.1) is 0 Å². The summed E-state index contributed by atoms with van der Waals surface area (Å²) in [7, 11) is 2.04.